The smallest absolute Gasteiger partial charge is 0.262 e. The Labute approximate surface area is 173 Å². The van der Waals surface area contributed by atoms with Crippen molar-refractivity contribution in [3.63, 3.8) is 0 Å². The minimum absolute atomic E-state index is 0.00591. The molecule has 28 heavy (non-hydrogen) atoms. The highest BCUT2D eigenvalue weighted by molar-refractivity contribution is 8.01. The first kappa shape index (κ1) is 20.8. The van der Waals surface area contributed by atoms with Gasteiger partial charge in [0.25, 0.3) is 5.91 Å². The molecule has 0 saturated carbocycles. The summed E-state index contributed by atoms with van der Waals surface area (Å²) in [6.45, 7) is 4.27. The lowest BCUT2D eigenvalue weighted by molar-refractivity contribution is -0.139. The number of fused-ring (bicyclic) bond motifs is 1. The van der Waals surface area contributed by atoms with E-state index in [1.54, 1.807) is 28.8 Å². The number of thioether (sulfide) groups is 1. The van der Waals surface area contributed by atoms with Crippen LogP contribution < -0.4 is 15.6 Å². The molecule has 0 spiro atoms. The summed E-state index contributed by atoms with van der Waals surface area (Å²) in [5.74, 6) is 0.612. The van der Waals surface area contributed by atoms with Crippen LogP contribution in [0.4, 0.5) is 0 Å². The molecule has 3 rings (SSSR count). The van der Waals surface area contributed by atoms with Gasteiger partial charge in [0.2, 0.25) is 11.8 Å². The average Bonchev–Trinajstić information content (AvgIpc) is 3.14. The molecule has 0 bridgehead atoms. The first-order valence-corrected chi connectivity index (χ1v) is 10.6. The lowest BCUT2D eigenvalue weighted by Gasteiger charge is -2.29. The van der Waals surface area contributed by atoms with Crippen molar-refractivity contribution in [2.75, 3.05) is 12.4 Å². The molecule has 7 nitrogen and oxygen atoms in total. The highest BCUT2D eigenvalue weighted by atomic mass is 35.5. The molecule has 2 saturated heterocycles. The lowest BCUT2D eigenvalue weighted by atomic mass is 10.2. The van der Waals surface area contributed by atoms with Crippen LogP contribution in [0.15, 0.2) is 18.2 Å². The number of nitrogens with zero attached hydrogens (tertiary/aromatic N) is 1. The summed E-state index contributed by atoms with van der Waals surface area (Å²) in [7, 11) is 0. The summed E-state index contributed by atoms with van der Waals surface area (Å²) in [5.41, 5.74) is 5.81. The minimum atomic E-state index is -0.540. The molecule has 0 aliphatic carbocycles. The standard InChI is InChI=1S/C19H24ClN3O4S/c1-12-10-13(20)5-6-15(12)27-9-3-4-16(24)21-22-18(26)14-11-28-19(2)8-7-17(25)23(14)19/h5-6,10,14H,3-4,7-9,11H2,1-2H3,(H,21,24)(H,22,26)/t14-,19-/m0/s1. The second-order valence-electron chi connectivity index (χ2n) is 7.16. The summed E-state index contributed by atoms with van der Waals surface area (Å²) in [5, 5.41) is 0.650. The van der Waals surface area contributed by atoms with Crippen molar-refractivity contribution in [2.24, 2.45) is 0 Å². The fourth-order valence-corrected chi connectivity index (χ4v) is 5.14. The van der Waals surface area contributed by atoms with E-state index in [0.717, 1.165) is 17.7 Å². The molecule has 1 aromatic rings. The fraction of sp³-hybridized carbons (Fsp3) is 0.526. The fourth-order valence-electron chi connectivity index (χ4n) is 3.48. The quantitative estimate of drug-likeness (QED) is 0.539. The van der Waals surface area contributed by atoms with Crippen molar-refractivity contribution in [1.82, 2.24) is 15.8 Å². The molecule has 0 unspecified atom stereocenters. The topological polar surface area (TPSA) is 87.7 Å². The van der Waals surface area contributed by atoms with Gasteiger partial charge in [0, 0.05) is 23.6 Å². The van der Waals surface area contributed by atoms with E-state index in [1.807, 2.05) is 19.9 Å². The molecule has 2 aliphatic rings. The molecule has 0 radical (unpaired) electrons. The average molecular weight is 426 g/mol. The Balaban J connectivity index is 1.37. The number of carbonyl (C=O) groups is 3. The predicted molar refractivity (Wildman–Crippen MR) is 108 cm³/mol. The normalized spacial score (nSPS) is 23.5. The zero-order valence-corrected chi connectivity index (χ0v) is 17.5. The molecule has 2 atom stereocenters. The zero-order chi connectivity index (χ0) is 20.3. The molecule has 2 fully saturated rings. The Hall–Kier alpha value is -1.93. The number of carbonyl (C=O) groups excluding carboxylic acids is 3. The van der Waals surface area contributed by atoms with E-state index < -0.39 is 6.04 Å². The Bertz CT molecular complexity index is 790. The largest absolute Gasteiger partial charge is 0.493 e. The van der Waals surface area contributed by atoms with Crippen molar-refractivity contribution < 1.29 is 19.1 Å². The van der Waals surface area contributed by atoms with Gasteiger partial charge in [-0.15, -0.1) is 11.8 Å². The van der Waals surface area contributed by atoms with Gasteiger partial charge in [0.1, 0.15) is 11.8 Å². The third-order valence-corrected chi connectivity index (χ3v) is 6.76. The summed E-state index contributed by atoms with van der Waals surface area (Å²) in [4.78, 5) is 37.8. The van der Waals surface area contributed by atoms with Gasteiger partial charge >= 0.3 is 0 Å². The molecular weight excluding hydrogens is 402 g/mol. The van der Waals surface area contributed by atoms with Crippen LogP contribution in [-0.2, 0) is 14.4 Å². The Morgan fingerprint density at radius 1 is 1.39 bits per heavy atom. The van der Waals surface area contributed by atoms with E-state index in [0.29, 0.717) is 30.2 Å². The van der Waals surface area contributed by atoms with Crippen LogP contribution in [0.25, 0.3) is 0 Å². The number of hydrogen-bond donors (Lipinski definition) is 2. The van der Waals surface area contributed by atoms with Gasteiger partial charge in [-0.3, -0.25) is 25.2 Å². The Morgan fingerprint density at radius 2 is 2.18 bits per heavy atom. The van der Waals surface area contributed by atoms with Crippen LogP contribution in [0.2, 0.25) is 5.02 Å². The van der Waals surface area contributed by atoms with Crippen molar-refractivity contribution in [1.29, 1.82) is 0 Å². The maximum atomic E-state index is 12.4. The van der Waals surface area contributed by atoms with Gasteiger partial charge < -0.3 is 9.64 Å². The van der Waals surface area contributed by atoms with Gasteiger partial charge in [-0.2, -0.15) is 0 Å². The number of amides is 3. The number of halogens is 1. The molecule has 2 N–H and O–H groups in total. The maximum Gasteiger partial charge on any atom is 0.262 e. The van der Waals surface area contributed by atoms with Crippen LogP contribution in [-0.4, -0.2) is 45.9 Å². The van der Waals surface area contributed by atoms with E-state index in [-0.39, 0.29) is 29.0 Å². The van der Waals surface area contributed by atoms with E-state index >= 15 is 0 Å². The minimum Gasteiger partial charge on any atom is -0.493 e. The summed E-state index contributed by atoms with van der Waals surface area (Å²) < 4.78 is 5.65. The first-order chi connectivity index (χ1) is 13.3. The molecule has 2 heterocycles. The number of nitrogens with one attached hydrogen (secondary N) is 2. The van der Waals surface area contributed by atoms with E-state index in [1.165, 1.54) is 0 Å². The van der Waals surface area contributed by atoms with Crippen molar-refractivity contribution in [2.45, 2.75) is 50.4 Å². The third-order valence-electron chi connectivity index (χ3n) is 5.02. The number of ether oxygens (including phenoxy) is 1. The van der Waals surface area contributed by atoms with Crippen LogP contribution >= 0.6 is 23.4 Å². The van der Waals surface area contributed by atoms with Crippen molar-refractivity contribution in [3.8, 4) is 5.75 Å². The van der Waals surface area contributed by atoms with Gasteiger partial charge in [0.05, 0.1) is 11.5 Å². The van der Waals surface area contributed by atoms with E-state index in [2.05, 4.69) is 10.9 Å². The molecular formula is C19H24ClN3O4S. The predicted octanol–water partition coefficient (Wildman–Crippen LogP) is 2.41. The number of hydrazine groups is 1. The van der Waals surface area contributed by atoms with Crippen LogP contribution in [0, 0.1) is 6.92 Å². The van der Waals surface area contributed by atoms with Crippen LogP contribution in [0.3, 0.4) is 0 Å². The number of aryl methyl sites for hydroxylation is 1. The van der Waals surface area contributed by atoms with Crippen LogP contribution in [0.1, 0.15) is 38.2 Å². The highest BCUT2D eigenvalue weighted by Crippen LogP contribution is 2.47. The Kier molecular flexibility index (Phi) is 6.40. The summed E-state index contributed by atoms with van der Waals surface area (Å²) in [6.07, 6.45) is 1.94. The molecule has 1 aromatic carbocycles. The summed E-state index contributed by atoms with van der Waals surface area (Å²) in [6, 6.07) is 4.83. The zero-order valence-electron chi connectivity index (χ0n) is 15.9. The lowest BCUT2D eigenvalue weighted by Crippen LogP contribution is -2.54. The third kappa shape index (κ3) is 4.55. The first-order valence-electron chi connectivity index (χ1n) is 9.24. The van der Waals surface area contributed by atoms with Gasteiger partial charge in [-0.05, 0) is 50.5 Å². The molecule has 9 heteroatoms. The monoisotopic (exact) mass is 425 g/mol. The number of rotatable bonds is 6. The van der Waals surface area contributed by atoms with Crippen molar-refractivity contribution >= 4 is 41.1 Å². The Morgan fingerprint density at radius 3 is 2.93 bits per heavy atom. The van der Waals surface area contributed by atoms with E-state index in [9.17, 15) is 14.4 Å². The summed E-state index contributed by atoms with van der Waals surface area (Å²) >= 11 is 7.52. The van der Waals surface area contributed by atoms with Gasteiger partial charge in [0.15, 0.2) is 0 Å². The van der Waals surface area contributed by atoms with Crippen molar-refractivity contribution in [3.05, 3.63) is 28.8 Å². The van der Waals surface area contributed by atoms with Gasteiger partial charge in [-0.1, -0.05) is 11.6 Å². The highest BCUT2D eigenvalue weighted by Gasteiger charge is 2.52. The molecule has 0 aromatic heterocycles. The second-order valence-corrected chi connectivity index (χ2v) is 9.10. The molecule has 152 valence electrons. The number of benzene rings is 1. The SMILES string of the molecule is Cc1cc(Cl)ccc1OCCCC(=O)NNC(=O)[C@@H]1CS[C@@]2(C)CCC(=O)N12. The van der Waals surface area contributed by atoms with Crippen LogP contribution in [0.5, 0.6) is 5.75 Å². The number of hydrogen-bond acceptors (Lipinski definition) is 5. The molecule has 3 amide bonds. The van der Waals surface area contributed by atoms with Gasteiger partial charge in [-0.25, -0.2) is 0 Å². The maximum absolute atomic E-state index is 12.4. The molecule has 2 aliphatic heterocycles. The second kappa shape index (κ2) is 8.61. The van der Waals surface area contributed by atoms with E-state index in [4.69, 9.17) is 16.3 Å².